The van der Waals surface area contributed by atoms with Crippen LogP contribution in [0.25, 0.3) is 0 Å². The summed E-state index contributed by atoms with van der Waals surface area (Å²) in [7, 11) is -3.21. The van der Waals surface area contributed by atoms with Crippen LogP contribution in [0.1, 0.15) is 31.2 Å². The molecule has 0 bridgehead atoms. The van der Waals surface area contributed by atoms with E-state index in [0.717, 1.165) is 45.2 Å². The number of carbonyl (C=O) groups excluding carboxylic acids is 1. The molecule has 25 heavy (non-hydrogen) atoms. The van der Waals surface area contributed by atoms with Gasteiger partial charge in [-0.3, -0.25) is 9.78 Å². The molecule has 1 atom stereocenters. The molecule has 0 aromatic carbocycles. The lowest BCUT2D eigenvalue weighted by molar-refractivity contribution is -0.138. The highest BCUT2D eigenvalue weighted by Gasteiger charge is 2.33. The Morgan fingerprint density at radius 2 is 2.00 bits per heavy atom. The summed E-state index contributed by atoms with van der Waals surface area (Å²) in [4.78, 5) is 18.9. The van der Waals surface area contributed by atoms with Crippen LogP contribution in [0.15, 0.2) is 24.5 Å². The maximum atomic E-state index is 12.8. The van der Waals surface area contributed by atoms with Crippen LogP contribution < -0.4 is 0 Å². The van der Waals surface area contributed by atoms with E-state index in [2.05, 4.69) is 11.1 Å². The number of hydrogen-bond acceptors (Lipinski definition) is 4. The lowest BCUT2D eigenvalue weighted by Crippen LogP contribution is -2.48. The number of rotatable bonds is 4. The van der Waals surface area contributed by atoms with Gasteiger partial charge in [0.2, 0.25) is 15.9 Å². The number of piperidine rings is 2. The molecule has 2 aliphatic heterocycles. The highest BCUT2D eigenvalue weighted by molar-refractivity contribution is 7.88. The molecule has 2 saturated heterocycles. The molecule has 3 heterocycles. The van der Waals surface area contributed by atoms with E-state index in [-0.39, 0.29) is 11.8 Å². The van der Waals surface area contributed by atoms with E-state index in [0.29, 0.717) is 19.0 Å². The van der Waals surface area contributed by atoms with Gasteiger partial charge in [-0.25, -0.2) is 12.7 Å². The van der Waals surface area contributed by atoms with E-state index >= 15 is 0 Å². The maximum absolute atomic E-state index is 12.8. The molecule has 0 N–H and O–H groups in total. The third-order valence-electron chi connectivity index (χ3n) is 5.38. The van der Waals surface area contributed by atoms with Crippen molar-refractivity contribution in [3.05, 3.63) is 30.1 Å². The molecular formula is C18H27N3O3S. The van der Waals surface area contributed by atoms with E-state index in [1.54, 1.807) is 6.20 Å². The molecule has 1 aromatic rings. The second-order valence-electron chi connectivity index (χ2n) is 7.29. The van der Waals surface area contributed by atoms with E-state index < -0.39 is 10.0 Å². The van der Waals surface area contributed by atoms with Crippen LogP contribution in [0.3, 0.4) is 0 Å². The van der Waals surface area contributed by atoms with E-state index in [9.17, 15) is 13.2 Å². The smallest absolute Gasteiger partial charge is 0.227 e. The van der Waals surface area contributed by atoms with Crippen LogP contribution in [-0.2, 0) is 21.2 Å². The molecule has 3 rings (SSSR count). The van der Waals surface area contributed by atoms with Crippen molar-refractivity contribution in [2.45, 2.75) is 32.1 Å². The number of carbonyl (C=O) groups is 1. The fourth-order valence-corrected chi connectivity index (χ4v) is 4.82. The van der Waals surface area contributed by atoms with Crippen molar-refractivity contribution >= 4 is 15.9 Å². The third-order valence-corrected chi connectivity index (χ3v) is 6.65. The van der Waals surface area contributed by atoms with Crippen molar-refractivity contribution in [2.24, 2.45) is 11.8 Å². The van der Waals surface area contributed by atoms with Gasteiger partial charge < -0.3 is 4.90 Å². The van der Waals surface area contributed by atoms with Gasteiger partial charge in [0.1, 0.15) is 0 Å². The van der Waals surface area contributed by atoms with E-state index in [1.807, 2.05) is 17.2 Å². The van der Waals surface area contributed by atoms with Gasteiger partial charge in [-0.1, -0.05) is 6.07 Å². The first kappa shape index (κ1) is 18.3. The van der Waals surface area contributed by atoms with Crippen molar-refractivity contribution in [2.75, 3.05) is 32.4 Å². The first-order chi connectivity index (χ1) is 11.9. The van der Waals surface area contributed by atoms with Gasteiger partial charge in [0, 0.05) is 38.6 Å². The minimum Gasteiger partial charge on any atom is -0.342 e. The standard InChI is InChI=1S/C18H27N3O3S/c1-25(23,24)21-9-3-5-17(14-21)18(22)20-10-6-15(7-11-20)12-16-4-2-8-19-13-16/h2,4,8,13,15,17H,3,5-7,9-12,14H2,1H3/t17-/m1/s1. The largest absolute Gasteiger partial charge is 0.342 e. The SMILES string of the molecule is CS(=O)(=O)N1CCC[C@@H](C(=O)N2CCC(Cc3cccnc3)CC2)C1. The predicted octanol–water partition coefficient (Wildman–Crippen LogP) is 1.53. The average Bonchev–Trinajstić information content (AvgIpc) is 2.62. The van der Waals surface area contributed by atoms with Gasteiger partial charge in [-0.2, -0.15) is 0 Å². The molecule has 0 spiro atoms. The van der Waals surface area contributed by atoms with Gasteiger partial charge >= 0.3 is 0 Å². The number of likely N-dealkylation sites (tertiary alicyclic amines) is 1. The van der Waals surface area contributed by atoms with Gasteiger partial charge in [0.15, 0.2) is 0 Å². The van der Waals surface area contributed by atoms with Crippen LogP contribution >= 0.6 is 0 Å². The zero-order chi connectivity index (χ0) is 17.9. The minimum atomic E-state index is -3.21. The zero-order valence-electron chi connectivity index (χ0n) is 14.8. The first-order valence-corrected chi connectivity index (χ1v) is 10.9. The summed E-state index contributed by atoms with van der Waals surface area (Å²) < 4.78 is 24.9. The second kappa shape index (κ2) is 7.83. The molecule has 0 unspecified atom stereocenters. The number of hydrogen-bond donors (Lipinski definition) is 0. The Morgan fingerprint density at radius 1 is 1.24 bits per heavy atom. The summed E-state index contributed by atoms with van der Waals surface area (Å²) in [5.41, 5.74) is 1.25. The van der Waals surface area contributed by atoms with Gasteiger partial charge in [0.05, 0.1) is 12.2 Å². The first-order valence-electron chi connectivity index (χ1n) is 9.06. The Kier molecular flexibility index (Phi) is 5.74. The Labute approximate surface area is 150 Å². The maximum Gasteiger partial charge on any atom is 0.227 e. The van der Waals surface area contributed by atoms with Crippen LogP contribution in [0.4, 0.5) is 0 Å². The molecule has 2 aliphatic rings. The third kappa shape index (κ3) is 4.79. The summed E-state index contributed by atoms with van der Waals surface area (Å²) in [5.74, 6) is 0.540. The summed E-state index contributed by atoms with van der Waals surface area (Å²) in [5, 5.41) is 0. The fourth-order valence-electron chi connectivity index (χ4n) is 3.91. The van der Waals surface area contributed by atoms with Crippen LogP contribution in [0.2, 0.25) is 0 Å². The number of pyridine rings is 1. The van der Waals surface area contributed by atoms with Crippen LogP contribution in [0.5, 0.6) is 0 Å². The molecule has 6 nitrogen and oxygen atoms in total. The quantitative estimate of drug-likeness (QED) is 0.811. The Morgan fingerprint density at radius 3 is 2.64 bits per heavy atom. The number of amides is 1. The molecular weight excluding hydrogens is 338 g/mol. The summed E-state index contributed by atoms with van der Waals surface area (Å²) in [6.07, 6.45) is 9.51. The highest BCUT2D eigenvalue weighted by atomic mass is 32.2. The molecule has 1 aromatic heterocycles. The highest BCUT2D eigenvalue weighted by Crippen LogP contribution is 2.25. The molecule has 138 valence electrons. The topological polar surface area (TPSA) is 70.6 Å². The lowest BCUT2D eigenvalue weighted by atomic mass is 9.89. The predicted molar refractivity (Wildman–Crippen MR) is 96.4 cm³/mol. The van der Waals surface area contributed by atoms with Gasteiger partial charge in [-0.15, -0.1) is 0 Å². The molecule has 7 heteroatoms. The number of aromatic nitrogens is 1. The Hall–Kier alpha value is -1.47. The number of sulfonamides is 1. The monoisotopic (exact) mass is 365 g/mol. The lowest BCUT2D eigenvalue weighted by Gasteiger charge is -2.37. The van der Waals surface area contributed by atoms with Crippen molar-refractivity contribution < 1.29 is 13.2 Å². The van der Waals surface area contributed by atoms with Crippen molar-refractivity contribution in [1.29, 1.82) is 0 Å². The molecule has 0 aliphatic carbocycles. The fraction of sp³-hybridized carbons (Fsp3) is 0.667. The molecule has 0 radical (unpaired) electrons. The Balaban J connectivity index is 1.51. The van der Waals surface area contributed by atoms with Gasteiger partial charge in [0.25, 0.3) is 0 Å². The average molecular weight is 365 g/mol. The normalized spacial score (nSPS) is 23.6. The van der Waals surface area contributed by atoms with Crippen LogP contribution in [-0.4, -0.2) is 60.9 Å². The van der Waals surface area contributed by atoms with Crippen molar-refractivity contribution in [3.8, 4) is 0 Å². The molecule has 1 amide bonds. The van der Waals surface area contributed by atoms with Crippen LogP contribution in [0, 0.1) is 11.8 Å². The molecule has 0 saturated carbocycles. The van der Waals surface area contributed by atoms with Crippen molar-refractivity contribution in [3.63, 3.8) is 0 Å². The minimum absolute atomic E-state index is 0.133. The van der Waals surface area contributed by atoms with E-state index in [1.165, 1.54) is 16.1 Å². The molecule has 2 fully saturated rings. The summed E-state index contributed by atoms with van der Waals surface area (Å²) >= 11 is 0. The second-order valence-corrected chi connectivity index (χ2v) is 9.28. The Bertz CT molecular complexity index is 685. The summed E-state index contributed by atoms with van der Waals surface area (Å²) in [6.45, 7) is 2.43. The zero-order valence-corrected chi connectivity index (χ0v) is 15.6. The number of nitrogens with zero attached hydrogens (tertiary/aromatic N) is 3. The summed E-state index contributed by atoms with van der Waals surface area (Å²) in [6, 6.07) is 4.07. The van der Waals surface area contributed by atoms with Gasteiger partial charge in [-0.05, 0) is 49.7 Å². The van der Waals surface area contributed by atoms with E-state index in [4.69, 9.17) is 0 Å². The van der Waals surface area contributed by atoms with Crippen molar-refractivity contribution in [1.82, 2.24) is 14.2 Å².